The van der Waals surface area contributed by atoms with Gasteiger partial charge in [-0.05, 0) is 70.3 Å². The lowest BCUT2D eigenvalue weighted by atomic mass is 10.1. The first-order chi connectivity index (χ1) is 9.93. The van der Waals surface area contributed by atoms with E-state index in [1.54, 1.807) is 0 Å². The molecule has 2 heterocycles. The second-order valence-corrected chi connectivity index (χ2v) is 5.79. The van der Waals surface area contributed by atoms with Gasteiger partial charge in [0.2, 0.25) is 0 Å². The number of hydrogen-bond donors (Lipinski definition) is 0. The first-order valence-corrected chi connectivity index (χ1v) is 8.03. The Bertz CT molecular complexity index is 427. The molecule has 1 aromatic rings. The van der Waals surface area contributed by atoms with Crippen LogP contribution in [0.5, 0.6) is 11.5 Å². The van der Waals surface area contributed by atoms with Crippen molar-refractivity contribution in [2.75, 3.05) is 32.8 Å². The highest BCUT2D eigenvalue weighted by Gasteiger charge is 2.15. The predicted octanol–water partition coefficient (Wildman–Crippen LogP) is 3.27. The molecule has 0 saturated carbocycles. The van der Waals surface area contributed by atoms with Crippen molar-refractivity contribution in [2.24, 2.45) is 0 Å². The molecule has 0 aliphatic carbocycles. The number of likely N-dealkylation sites (tertiary alicyclic amines) is 1. The zero-order chi connectivity index (χ0) is 13.6. The van der Waals surface area contributed by atoms with E-state index in [9.17, 15) is 0 Å². The second-order valence-electron chi connectivity index (χ2n) is 5.79. The summed E-state index contributed by atoms with van der Waals surface area (Å²) < 4.78 is 11.6. The number of ether oxygens (including phenoxy) is 2. The zero-order valence-electron chi connectivity index (χ0n) is 12.3. The van der Waals surface area contributed by atoms with Gasteiger partial charge in [0.15, 0.2) is 0 Å². The fourth-order valence-electron chi connectivity index (χ4n) is 3.12. The Labute approximate surface area is 121 Å². The van der Waals surface area contributed by atoms with E-state index >= 15 is 0 Å². The first-order valence-electron chi connectivity index (χ1n) is 8.03. The van der Waals surface area contributed by atoms with Crippen LogP contribution in [0, 0.1) is 0 Å². The molecule has 2 aliphatic rings. The number of hydrogen-bond acceptors (Lipinski definition) is 3. The number of benzene rings is 1. The van der Waals surface area contributed by atoms with E-state index in [4.69, 9.17) is 9.47 Å². The Balaban J connectivity index is 1.42. The van der Waals surface area contributed by atoms with E-state index < -0.39 is 0 Å². The predicted molar refractivity (Wildman–Crippen MR) is 80.7 cm³/mol. The van der Waals surface area contributed by atoms with Gasteiger partial charge in [-0.25, -0.2) is 0 Å². The van der Waals surface area contributed by atoms with E-state index in [0.29, 0.717) is 0 Å². The highest BCUT2D eigenvalue weighted by atomic mass is 16.5. The highest BCUT2D eigenvalue weighted by molar-refractivity contribution is 5.45. The minimum Gasteiger partial charge on any atom is -0.493 e. The summed E-state index contributed by atoms with van der Waals surface area (Å²) in [6.07, 6.45) is 7.33. The van der Waals surface area contributed by atoms with E-state index in [0.717, 1.165) is 44.0 Å². The van der Waals surface area contributed by atoms with E-state index in [1.165, 1.54) is 44.5 Å². The van der Waals surface area contributed by atoms with Crippen molar-refractivity contribution >= 4 is 0 Å². The Morgan fingerprint density at radius 3 is 2.90 bits per heavy atom. The highest BCUT2D eigenvalue weighted by Crippen LogP contribution is 2.32. The molecule has 3 nitrogen and oxygen atoms in total. The SMILES string of the molecule is c1cc(OCCCCN2CCCC2)c2c(c1)OCCC2. The molecule has 0 aromatic heterocycles. The lowest BCUT2D eigenvalue weighted by Crippen LogP contribution is -2.20. The fraction of sp³-hybridized carbons (Fsp3) is 0.647. The quantitative estimate of drug-likeness (QED) is 0.744. The smallest absolute Gasteiger partial charge is 0.126 e. The summed E-state index contributed by atoms with van der Waals surface area (Å²) in [4.78, 5) is 2.57. The molecule has 0 spiro atoms. The van der Waals surface area contributed by atoms with Crippen LogP contribution in [0.3, 0.4) is 0 Å². The molecule has 1 saturated heterocycles. The molecule has 1 fully saturated rings. The molecule has 0 unspecified atom stereocenters. The number of fused-ring (bicyclic) bond motifs is 1. The van der Waals surface area contributed by atoms with Crippen LogP contribution in [0.25, 0.3) is 0 Å². The number of rotatable bonds is 6. The van der Waals surface area contributed by atoms with Gasteiger partial charge in [0.25, 0.3) is 0 Å². The van der Waals surface area contributed by atoms with E-state index in [2.05, 4.69) is 17.0 Å². The Morgan fingerprint density at radius 1 is 1.10 bits per heavy atom. The van der Waals surface area contributed by atoms with Crippen LogP contribution in [0.1, 0.15) is 37.7 Å². The maximum absolute atomic E-state index is 5.97. The molecule has 3 heteroatoms. The van der Waals surface area contributed by atoms with Crippen LogP contribution in [-0.2, 0) is 6.42 Å². The van der Waals surface area contributed by atoms with Crippen LogP contribution >= 0.6 is 0 Å². The maximum Gasteiger partial charge on any atom is 0.126 e. The second kappa shape index (κ2) is 6.98. The summed E-state index contributed by atoms with van der Waals surface area (Å²) in [6.45, 7) is 5.49. The lowest BCUT2D eigenvalue weighted by Gasteiger charge is -2.20. The van der Waals surface area contributed by atoms with Crippen molar-refractivity contribution < 1.29 is 9.47 Å². The van der Waals surface area contributed by atoms with Gasteiger partial charge < -0.3 is 14.4 Å². The minimum absolute atomic E-state index is 0.824. The van der Waals surface area contributed by atoms with Gasteiger partial charge in [-0.15, -0.1) is 0 Å². The summed E-state index contributed by atoms with van der Waals surface area (Å²) in [7, 11) is 0. The molecule has 110 valence electrons. The normalized spacial score (nSPS) is 18.6. The van der Waals surface area contributed by atoms with Crippen LogP contribution in [0.4, 0.5) is 0 Å². The van der Waals surface area contributed by atoms with Crippen molar-refractivity contribution in [3.63, 3.8) is 0 Å². The van der Waals surface area contributed by atoms with Crippen LogP contribution in [0.15, 0.2) is 18.2 Å². The standard InChI is InChI=1S/C17H25NO2/c1-2-11-18(10-1)12-3-4-13-19-16-8-5-9-17-15(16)7-6-14-20-17/h5,8-9H,1-4,6-7,10-14H2. The van der Waals surface area contributed by atoms with Gasteiger partial charge in [0.1, 0.15) is 11.5 Å². The third-order valence-electron chi connectivity index (χ3n) is 4.24. The average molecular weight is 275 g/mol. The van der Waals surface area contributed by atoms with Gasteiger partial charge in [0.05, 0.1) is 13.2 Å². The molecule has 0 radical (unpaired) electrons. The Kier molecular flexibility index (Phi) is 4.80. The summed E-state index contributed by atoms with van der Waals surface area (Å²) >= 11 is 0. The van der Waals surface area contributed by atoms with Crippen molar-refractivity contribution in [3.05, 3.63) is 23.8 Å². The van der Waals surface area contributed by atoms with Gasteiger partial charge in [-0.3, -0.25) is 0 Å². The molecule has 20 heavy (non-hydrogen) atoms. The van der Waals surface area contributed by atoms with Gasteiger partial charge in [-0.1, -0.05) is 6.07 Å². The van der Waals surface area contributed by atoms with Crippen LogP contribution in [-0.4, -0.2) is 37.7 Å². The van der Waals surface area contributed by atoms with E-state index in [1.807, 2.05) is 6.07 Å². The van der Waals surface area contributed by atoms with Crippen LogP contribution in [0.2, 0.25) is 0 Å². The fourth-order valence-corrected chi connectivity index (χ4v) is 3.12. The van der Waals surface area contributed by atoms with Gasteiger partial charge in [0, 0.05) is 5.56 Å². The molecule has 0 amide bonds. The number of unbranched alkanes of at least 4 members (excludes halogenated alkanes) is 1. The van der Waals surface area contributed by atoms with E-state index in [-0.39, 0.29) is 0 Å². The van der Waals surface area contributed by atoms with Crippen molar-refractivity contribution in [3.8, 4) is 11.5 Å². The summed E-state index contributed by atoms with van der Waals surface area (Å²) in [6, 6.07) is 6.16. The first kappa shape index (κ1) is 13.7. The Morgan fingerprint density at radius 2 is 2.00 bits per heavy atom. The molecule has 0 bridgehead atoms. The monoisotopic (exact) mass is 275 g/mol. The van der Waals surface area contributed by atoms with Crippen LogP contribution < -0.4 is 9.47 Å². The molecule has 2 aliphatic heterocycles. The third kappa shape index (κ3) is 3.45. The zero-order valence-corrected chi connectivity index (χ0v) is 12.3. The molecular formula is C17H25NO2. The summed E-state index contributed by atoms with van der Waals surface area (Å²) in [5.41, 5.74) is 1.26. The summed E-state index contributed by atoms with van der Waals surface area (Å²) in [5, 5.41) is 0. The molecule has 3 rings (SSSR count). The molecule has 0 N–H and O–H groups in total. The Hall–Kier alpha value is -1.22. The molecule has 0 atom stereocenters. The molecule has 1 aromatic carbocycles. The molecular weight excluding hydrogens is 250 g/mol. The number of nitrogens with zero attached hydrogens (tertiary/aromatic N) is 1. The largest absolute Gasteiger partial charge is 0.493 e. The maximum atomic E-state index is 5.97. The van der Waals surface area contributed by atoms with Crippen molar-refractivity contribution in [1.82, 2.24) is 4.90 Å². The topological polar surface area (TPSA) is 21.7 Å². The van der Waals surface area contributed by atoms with Gasteiger partial charge in [-0.2, -0.15) is 0 Å². The van der Waals surface area contributed by atoms with Crippen molar-refractivity contribution in [2.45, 2.75) is 38.5 Å². The van der Waals surface area contributed by atoms with Crippen molar-refractivity contribution in [1.29, 1.82) is 0 Å². The van der Waals surface area contributed by atoms with Gasteiger partial charge >= 0.3 is 0 Å². The summed E-state index contributed by atoms with van der Waals surface area (Å²) in [5.74, 6) is 2.05. The lowest BCUT2D eigenvalue weighted by molar-refractivity contribution is 0.261. The minimum atomic E-state index is 0.824. The average Bonchev–Trinajstić information content (AvgIpc) is 3.00. The third-order valence-corrected chi connectivity index (χ3v) is 4.24.